The van der Waals surface area contributed by atoms with Crippen molar-refractivity contribution in [2.45, 2.75) is 13.3 Å². The molecule has 0 saturated carbocycles. The molecule has 1 N–H and O–H groups in total. The predicted molar refractivity (Wildman–Crippen MR) is 115 cm³/mol. The van der Waals surface area contributed by atoms with E-state index in [1.807, 2.05) is 49.4 Å². The van der Waals surface area contributed by atoms with Gasteiger partial charge in [0.25, 0.3) is 5.91 Å². The summed E-state index contributed by atoms with van der Waals surface area (Å²) in [7, 11) is 1.58. The van der Waals surface area contributed by atoms with Crippen LogP contribution in [0.1, 0.15) is 18.9 Å². The molecular formula is C24H22N2O3. The van der Waals surface area contributed by atoms with E-state index in [1.165, 1.54) is 0 Å². The molecule has 29 heavy (non-hydrogen) atoms. The van der Waals surface area contributed by atoms with Gasteiger partial charge in [-0.15, -0.1) is 0 Å². The Morgan fingerprint density at radius 1 is 1.10 bits per heavy atom. The Kier molecular flexibility index (Phi) is 6.49. The van der Waals surface area contributed by atoms with E-state index in [1.54, 1.807) is 37.5 Å². The third-order valence-corrected chi connectivity index (χ3v) is 4.39. The summed E-state index contributed by atoms with van der Waals surface area (Å²) in [5.41, 5.74) is 1.30. The molecule has 5 heteroatoms. The molecule has 3 rings (SSSR count). The minimum atomic E-state index is -0.480. The summed E-state index contributed by atoms with van der Waals surface area (Å²) >= 11 is 0. The van der Waals surface area contributed by atoms with Gasteiger partial charge in [-0.3, -0.25) is 4.79 Å². The largest absolute Gasteiger partial charge is 0.497 e. The number of carbonyl (C=O) groups excluding carboxylic acids is 1. The quantitative estimate of drug-likeness (QED) is 0.448. The molecule has 0 saturated heterocycles. The molecule has 0 aliphatic carbocycles. The highest BCUT2D eigenvalue weighted by atomic mass is 16.5. The fourth-order valence-corrected chi connectivity index (χ4v) is 2.93. The second-order valence-electron chi connectivity index (χ2n) is 6.40. The predicted octanol–water partition coefficient (Wildman–Crippen LogP) is 5.18. The third kappa shape index (κ3) is 4.74. The Labute approximate surface area is 170 Å². The van der Waals surface area contributed by atoms with Gasteiger partial charge in [-0.05, 0) is 53.6 Å². The second kappa shape index (κ2) is 9.43. The van der Waals surface area contributed by atoms with Crippen molar-refractivity contribution in [3.63, 3.8) is 0 Å². The highest BCUT2D eigenvalue weighted by Gasteiger charge is 2.14. The van der Waals surface area contributed by atoms with Crippen molar-refractivity contribution in [2.24, 2.45) is 0 Å². The lowest BCUT2D eigenvalue weighted by atomic mass is 10.0. The smallest absolute Gasteiger partial charge is 0.266 e. The van der Waals surface area contributed by atoms with Crippen molar-refractivity contribution < 1.29 is 14.3 Å². The number of nitrogens with one attached hydrogen (secondary N) is 1. The number of anilines is 1. The summed E-state index contributed by atoms with van der Waals surface area (Å²) in [5, 5.41) is 14.3. The molecule has 146 valence electrons. The van der Waals surface area contributed by atoms with Gasteiger partial charge in [0.05, 0.1) is 13.7 Å². The second-order valence-corrected chi connectivity index (χ2v) is 6.40. The molecule has 0 unspecified atom stereocenters. The van der Waals surface area contributed by atoms with Gasteiger partial charge in [-0.25, -0.2) is 0 Å². The first-order valence-corrected chi connectivity index (χ1v) is 9.38. The average Bonchev–Trinajstić information content (AvgIpc) is 2.76. The van der Waals surface area contributed by atoms with Gasteiger partial charge >= 0.3 is 0 Å². The van der Waals surface area contributed by atoms with Crippen LogP contribution in [0.3, 0.4) is 0 Å². The number of hydrogen-bond donors (Lipinski definition) is 1. The zero-order valence-electron chi connectivity index (χ0n) is 16.4. The highest BCUT2D eigenvalue weighted by Crippen LogP contribution is 2.30. The Bertz CT molecular complexity index is 1080. The maximum absolute atomic E-state index is 12.7. The molecular weight excluding hydrogens is 364 g/mol. The van der Waals surface area contributed by atoms with Crippen molar-refractivity contribution in [1.29, 1.82) is 5.26 Å². The number of methoxy groups -OCH3 is 1. The minimum absolute atomic E-state index is 0.00137. The lowest BCUT2D eigenvalue weighted by Crippen LogP contribution is -2.13. The summed E-state index contributed by atoms with van der Waals surface area (Å²) < 4.78 is 11.0. The molecule has 0 heterocycles. The van der Waals surface area contributed by atoms with Crippen LogP contribution in [-0.2, 0) is 4.79 Å². The maximum Gasteiger partial charge on any atom is 0.266 e. The molecule has 3 aromatic rings. The van der Waals surface area contributed by atoms with Crippen molar-refractivity contribution in [1.82, 2.24) is 0 Å². The highest BCUT2D eigenvalue weighted by molar-refractivity contribution is 6.11. The molecule has 0 aliphatic rings. The van der Waals surface area contributed by atoms with Crippen LogP contribution >= 0.6 is 0 Å². The van der Waals surface area contributed by atoms with Gasteiger partial charge in [0.15, 0.2) is 0 Å². The molecule has 0 bridgehead atoms. The third-order valence-electron chi connectivity index (χ3n) is 4.39. The molecule has 0 atom stereocenters. The zero-order chi connectivity index (χ0) is 20.6. The molecule has 5 nitrogen and oxygen atoms in total. The average molecular weight is 386 g/mol. The van der Waals surface area contributed by atoms with Crippen LogP contribution in [-0.4, -0.2) is 19.6 Å². The summed E-state index contributed by atoms with van der Waals surface area (Å²) in [5.74, 6) is 0.857. The van der Waals surface area contributed by atoms with E-state index in [0.29, 0.717) is 23.8 Å². The fraction of sp³-hybridized carbons (Fsp3) is 0.167. The standard InChI is InChI=1S/C24H22N2O3/c1-3-14-29-23-13-8-17-6-4-5-7-21(17)22(23)15-18(16-25)24(27)26-19-9-11-20(28-2)12-10-19/h4-13,15H,3,14H2,1-2H3,(H,26,27)/b18-15+. The van der Waals surface area contributed by atoms with Crippen molar-refractivity contribution in [3.05, 3.63) is 71.8 Å². The number of rotatable bonds is 7. The van der Waals surface area contributed by atoms with Gasteiger partial charge in [0.2, 0.25) is 0 Å². The lowest BCUT2D eigenvalue weighted by Gasteiger charge is -2.12. The summed E-state index contributed by atoms with van der Waals surface area (Å²) in [6, 6.07) is 20.6. The molecule has 0 radical (unpaired) electrons. The van der Waals surface area contributed by atoms with Gasteiger partial charge in [-0.2, -0.15) is 5.26 Å². The molecule has 0 spiro atoms. The van der Waals surface area contributed by atoms with Gasteiger partial charge < -0.3 is 14.8 Å². The van der Waals surface area contributed by atoms with Gasteiger partial charge in [-0.1, -0.05) is 37.3 Å². The molecule has 0 aliphatic heterocycles. The van der Waals surface area contributed by atoms with Gasteiger partial charge in [0, 0.05) is 11.3 Å². The van der Waals surface area contributed by atoms with E-state index in [9.17, 15) is 10.1 Å². The van der Waals surface area contributed by atoms with E-state index in [2.05, 4.69) is 5.32 Å². The number of ether oxygens (including phenoxy) is 2. The molecule has 3 aromatic carbocycles. The number of amides is 1. The fourth-order valence-electron chi connectivity index (χ4n) is 2.93. The SMILES string of the molecule is CCCOc1ccc2ccccc2c1/C=C(\C#N)C(=O)Nc1ccc(OC)cc1. The van der Waals surface area contributed by atoms with Gasteiger partial charge in [0.1, 0.15) is 23.1 Å². The first-order chi connectivity index (χ1) is 14.2. The summed E-state index contributed by atoms with van der Waals surface area (Å²) in [4.78, 5) is 12.7. The zero-order valence-corrected chi connectivity index (χ0v) is 16.4. The van der Waals surface area contributed by atoms with Crippen molar-refractivity contribution in [3.8, 4) is 17.6 Å². The molecule has 0 aromatic heterocycles. The first kappa shape index (κ1) is 20.0. The summed E-state index contributed by atoms with van der Waals surface area (Å²) in [6.45, 7) is 2.58. The first-order valence-electron chi connectivity index (χ1n) is 9.38. The topological polar surface area (TPSA) is 71.3 Å². The number of nitrogens with zero attached hydrogens (tertiary/aromatic N) is 1. The molecule has 0 fully saturated rings. The Morgan fingerprint density at radius 2 is 1.86 bits per heavy atom. The van der Waals surface area contributed by atoms with E-state index in [4.69, 9.17) is 9.47 Å². The van der Waals surface area contributed by atoms with Crippen LogP contribution in [0.15, 0.2) is 66.2 Å². The van der Waals surface area contributed by atoms with Crippen LogP contribution in [0.5, 0.6) is 11.5 Å². The van der Waals surface area contributed by atoms with E-state index < -0.39 is 5.91 Å². The van der Waals surface area contributed by atoms with E-state index in [0.717, 1.165) is 22.8 Å². The Hall–Kier alpha value is -3.78. The Balaban J connectivity index is 1.97. The number of carbonyl (C=O) groups is 1. The lowest BCUT2D eigenvalue weighted by molar-refractivity contribution is -0.112. The Morgan fingerprint density at radius 3 is 2.55 bits per heavy atom. The number of hydrogen-bond acceptors (Lipinski definition) is 4. The van der Waals surface area contributed by atoms with Crippen molar-refractivity contribution in [2.75, 3.05) is 19.0 Å². The number of nitriles is 1. The number of benzene rings is 3. The monoisotopic (exact) mass is 386 g/mol. The summed E-state index contributed by atoms with van der Waals surface area (Å²) in [6.07, 6.45) is 2.45. The van der Waals surface area contributed by atoms with E-state index >= 15 is 0 Å². The molecule has 1 amide bonds. The van der Waals surface area contributed by atoms with Crippen LogP contribution in [0.2, 0.25) is 0 Å². The minimum Gasteiger partial charge on any atom is -0.497 e. The maximum atomic E-state index is 12.7. The van der Waals surface area contributed by atoms with Crippen molar-refractivity contribution >= 4 is 28.4 Å². The number of fused-ring (bicyclic) bond motifs is 1. The van der Waals surface area contributed by atoms with E-state index in [-0.39, 0.29) is 5.57 Å². The van der Waals surface area contributed by atoms with Crippen LogP contribution in [0.4, 0.5) is 5.69 Å². The van der Waals surface area contributed by atoms with Crippen LogP contribution in [0.25, 0.3) is 16.8 Å². The van der Waals surface area contributed by atoms with Crippen LogP contribution < -0.4 is 14.8 Å². The van der Waals surface area contributed by atoms with Crippen LogP contribution in [0, 0.1) is 11.3 Å². The normalized spacial score (nSPS) is 11.0.